The molecule has 118 valence electrons. The minimum Gasteiger partial charge on any atom is -0.326 e. The van der Waals surface area contributed by atoms with Crippen LogP contribution >= 0.6 is 11.3 Å². The summed E-state index contributed by atoms with van der Waals surface area (Å²) in [5.41, 5.74) is 5.64. The smallest absolute Gasteiger partial charge is 0.244 e. The van der Waals surface area contributed by atoms with Crippen molar-refractivity contribution in [3.05, 3.63) is 15.8 Å². The monoisotopic (exact) mass is 329 g/mol. The second kappa shape index (κ2) is 5.62. The lowest BCUT2D eigenvalue weighted by Crippen LogP contribution is -2.39. The molecule has 0 saturated carbocycles. The van der Waals surface area contributed by atoms with Crippen molar-refractivity contribution in [1.29, 1.82) is 0 Å². The van der Waals surface area contributed by atoms with E-state index in [1.807, 2.05) is 6.92 Å². The molecule has 0 aliphatic carbocycles. The summed E-state index contributed by atoms with van der Waals surface area (Å²) in [5.74, 6) is 0. The molecular weight excluding hydrogens is 306 g/mol. The third kappa shape index (κ3) is 2.66. The number of hydrogen-bond donors (Lipinski definition) is 1. The molecule has 21 heavy (non-hydrogen) atoms. The number of nitrogens with two attached hydrogens (primary N) is 1. The Hall–Kier alpha value is -0.470. The third-order valence-corrected chi connectivity index (χ3v) is 8.05. The van der Waals surface area contributed by atoms with Crippen LogP contribution in [0.2, 0.25) is 0 Å². The Bertz CT molecular complexity index is 626. The third-order valence-electron chi connectivity index (χ3n) is 4.85. The lowest BCUT2D eigenvalue weighted by molar-refractivity contribution is 0.246. The normalized spacial score (nSPS) is 28.0. The van der Waals surface area contributed by atoms with Gasteiger partial charge in [0.1, 0.15) is 0 Å². The SMILES string of the molecule is Cc1sc(CN)cc1S(=O)(=O)N1CCC2CCC(C1)N2C. The van der Waals surface area contributed by atoms with Crippen molar-refractivity contribution in [2.75, 3.05) is 20.1 Å². The summed E-state index contributed by atoms with van der Waals surface area (Å²) in [6, 6.07) is 2.65. The van der Waals surface area contributed by atoms with E-state index in [0.29, 0.717) is 36.6 Å². The molecule has 2 N–H and O–H groups in total. The van der Waals surface area contributed by atoms with E-state index in [4.69, 9.17) is 5.73 Å². The minimum absolute atomic E-state index is 0.361. The standard InChI is InChI=1S/C14H23N3O2S2/c1-10-14(7-13(8-15)20-10)21(18,19)17-6-5-11-3-4-12(9-17)16(11)2/h7,11-12H,3-6,8-9,15H2,1-2H3. The van der Waals surface area contributed by atoms with Gasteiger partial charge in [0.2, 0.25) is 10.0 Å². The summed E-state index contributed by atoms with van der Waals surface area (Å²) in [7, 11) is -1.26. The van der Waals surface area contributed by atoms with Crippen LogP contribution in [0.15, 0.2) is 11.0 Å². The van der Waals surface area contributed by atoms with Gasteiger partial charge in [0.05, 0.1) is 4.90 Å². The first-order valence-electron chi connectivity index (χ1n) is 7.45. The van der Waals surface area contributed by atoms with Crippen LogP contribution in [-0.4, -0.2) is 49.8 Å². The van der Waals surface area contributed by atoms with Gasteiger partial charge < -0.3 is 5.73 Å². The summed E-state index contributed by atoms with van der Waals surface area (Å²) in [6.07, 6.45) is 3.23. The molecule has 2 saturated heterocycles. The van der Waals surface area contributed by atoms with Crippen LogP contribution in [-0.2, 0) is 16.6 Å². The highest BCUT2D eigenvalue weighted by Gasteiger charge is 2.39. The van der Waals surface area contributed by atoms with Gasteiger partial charge in [-0.3, -0.25) is 4.90 Å². The predicted molar refractivity (Wildman–Crippen MR) is 84.9 cm³/mol. The van der Waals surface area contributed by atoms with Crippen molar-refractivity contribution in [1.82, 2.24) is 9.21 Å². The molecule has 1 aromatic heterocycles. The van der Waals surface area contributed by atoms with Crippen molar-refractivity contribution in [3.63, 3.8) is 0 Å². The Labute approximate surface area is 130 Å². The van der Waals surface area contributed by atoms with Crippen LogP contribution in [0.3, 0.4) is 0 Å². The van der Waals surface area contributed by atoms with Crippen LogP contribution in [0, 0.1) is 6.92 Å². The summed E-state index contributed by atoms with van der Waals surface area (Å²) < 4.78 is 27.6. The van der Waals surface area contributed by atoms with Gasteiger partial charge in [-0.2, -0.15) is 4.31 Å². The molecular formula is C14H23N3O2S2. The molecule has 2 unspecified atom stereocenters. The van der Waals surface area contributed by atoms with E-state index in [1.54, 1.807) is 10.4 Å². The fourth-order valence-electron chi connectivity index (χ4n) is 3.52. The van der Waals surface area contributed by atoms with E-state index in [0.717, 1.165) is 22.6 Å². The Balaban J connectivity index is 1.89. The number of fused-ring (bicyclic) bond motifs is 2. The van der Waals surface area contributed by atoms with Crippen LogP contribution in [0.25, 0.3) is 0 Å². The molecule has 3 heterocycles. The van der Waals surface area contributed by atoms with E-state index in [-0.39, 0.29) is 0 Å². The van der Waals surface area contributed by atoms with E-state index in [9.17, 15) is 8.42 Å². The number of aryl methyl sites for hydroxylation is 1. The van der Waals surface area contributed by atoms with E-state index < -0.39 is 10.0 Å². The van der Waals surface area contributed by atoms with Gasteiger partial charge in [0.25, 0.3) is 0 Å². The fourth-order valence-corrected chi connectivity index (χ4v) is 6.49. The van der Waals surface area contributed by atoms with Gasteiger partial charge >= 0.3 is 0 Å². The molecule has 0 radical (unpaired) electrons. The molecule has 1 aromatic rings. The second-order valence-corrected chi connectivity index (χ2v) is 9.29. The first-order valence-corrected chi connectivity index (χ1v) is 9.70. The van der Waals surface area contributed by atoms with Crippen LogP contribution < -0.4 is 5.73 Å². The molecule has 5 nitrogen and oxygen atoms in total. The van der Waals surface area contributed by atoms with Crippen molar-refractivity contribution in [3.8, 4) is 0 Å². The highest BCUT2D eigenvalue weighted by molar-refractivity contribution is 7.89. The van der Waals surface area contributed by atoms with E-state index >= 15 is 0 Å². The second-order valence-electron chi connectivity index (χ2n) is 6.04. The minimum atomic E-state index is -3.39. The maximum absolute atomic E-state index is 12.9. The van der Waals surface area contributed by atoms with Crippen molar-refractivity contribution in [2.24, 2.45) is 5.73 Å². The highest BCUT2D eigenvalue weighted by atomic mass is 32.2. The number of thiophene rings is 1. The van der Waals surface area contributed by atoms with Gasteiger partial charge in [-0.15, -0.1) is 11.3 Å². The zero-order valence-corrected chi connectivity index (χ0v) is 14.2. The van der Waals surface area contributed by atoms with E-state index in [2.05, 4.69) is 11.9 Å². The van der Waals surface area contributed by atoms with Crippen LogP contribution in [0.1, 0.15) is 29.0 Å². The molecule has 2 fully saturated rings. The topological polar surface area (TPSA) is 66.6 Å². The summed E-state index contributed by atoms with van der Waals surface area (Å²) in [5, 5.41) is 0. The van der Waals surface area contributed by atoms with Crippen molar-refractivity contribution in [2.45, 2.75) is 49.7 Å². The van der Waals surface area contributed by atoms with Crippen molar-refractivity contribution < 1.29 is 8.42 Å². The number of likely N-dealkylation sites (N-methyl/N-ethyl adjacent to an activating group) is 1. The molecule has 2 aliphatic rings. The molecule has 2 aliphatic heterocycles. The molecule has 0 aromatic carbocycles. The average Bonchev–Trinajstić information content (AvgIpc) is 2.90. The summed E-state index contributed by atoms with van der Waals surface area (Å²) in [6.45, 7) is 3.50. The average molecular weight is 329 g/mol. The molecule has 3 rings (SSSR count). The van der Waals surface area contributed by atoms with Gasteiger partial charge in [0, 0.05) is 41.5 Å². The maximum Gasteiger partial charge on any atom is 0.244 e. The van der Waals surface area contributed by atoms with Gasteiger partial charge in [-0.25, -0.2) is 8.42 Å². The van der Waals surface area contributed by atoms with Crippen LogP contribution in [0.5, 0.6) is 0 Å². The fraction of sp³-hybridized carbons (Fsp3) is 0.714. The summed E-state index contributed by atoms with van der Waals surface area (Å²) in [4.78, 5) is 4.59. The molecule has 0 amide bonds. The number of nitrogens with zero attached hydrogens (tertiary/aromatic N) is 2. The lowest BCUT2D eigenvalue weighted by Gasteiger charge is -2.25. The maximum atomic E-state index is 12.9. The van der Waals surface area contributed by atoms with Gasteiger partial charge in [-0.05, 0) is 39.3 Å². The quantitative estimate of drug-likeness (QED) is 0.909. The number of rotatable bonds is 3. The first kappa shape index (κ1) is 15.4. The number of sulfonamides is 1. The lowest BCUT2D eigenvalue weighted by atomic mass is 10.1. The Kier molecular flexibility index (Phi) is 4.13. The highest BCUT2D eigenvalue weighted by Crippen LogP contribution is 2.33. The predicted octanol–water partition coefficient (Wildman–Crippen LogP) is 1.37. The zero-order chi connectivity index (χ0) is 15.2. The molecule has 2 atom stereocenters. The first-order chi connectivity index (χ1) is 9.93. The van der Waals surface area contributed by atoms with Gasteiger partial charge in [0.15, 0.2) is 0 Å². The largest absolute Gasteiger partial charge is 0.326 e. The van der Waals surface area contributed by atoms with Crippen LogP contribution in [0.4, 0.5) is 0 Å². The van der Waals surface area contributed by atoms with E-state index in [1.165, 1.54) is 17.8 Å². The van der Waals surface area contributed by atoms with Crippen molar-refractivity contribution >= 4 is 21.4 Å². The molecule has 2 bridgehead atoms. The number of hydrogen-bond acceptors (Lipinski definition) is 5. The van der Waals surface area contributed by atoms with Gasteiger partial charge in [-0.1, -0.05) is 0 Å². The Morgan fingerprint density at radius 2 is 2.05 bits per heavy atom. The Morgan fingerprint density at radius 1 is 1.33 bits per heavy atom. The summed E-state index contributed by atoms with van der Waals surface area (Å²) >= 11 is 1.49. The zero-order valence-electron chi connectivity index (χ0n) is 12.6. The molecule has 0 spiro atoms. The Morgan fingerprint density at radius 3 is 2.71 bits per heavy atom. The molecule has 7 heteroatoms.